The van der Waals surface area contributed by atoms with Crippen LogP contribution < -0.4 is 10.2 Å². The third-order valence-corrected chi connectivity index (χ3v) is 5.79. The van der Waals surface area contributed by atoms with Crippen LogP contribution in [0.5, 0.6) is 0 Å². The summed E-state index contributed by atoms with van der Waals surface area (Å²) >= 11 is 0. The number of hydrogen-bond donors (Lipinski definition) is 1. The maximum atomic E-state index is 13.8. The van der Waals surface area contributed by atoms with Crippen molar-refractivity contribution in [2.75, 3.05) is 10.2 Å². The molecule has 0 unspecified atom stereocenters. The quantitative estimate of drug-likeness (QED) is 0.423. The highest BCUT2D eigenvalue weighted by Crippen LogP contribution is 2.37. The van der Waals surface area contributed by atoms with Crippen molar-refractivity contribution in [3.63, 3.8) is 0 Å². The van der Waals surface area contributed by atoms with Gasteiger partial charge in [0.25, 0.3) is 11.8 Å². The van der Waals surface area contributed by atoms with Crippen LogP contribution in [0, 0.1) is 13.8 Å². The Labute approximate surface area is 186 Å². The second-order valence-electron chi connectivity index (χ2n) is 8.00. The first-order valence-electron chi connectivity index (χ1n) is 10.5. The molecule has 5 rings (SSSR count). The van der Waals surface area contributed by atoms with Crippen molar-refractivity contribution >= 4 is 39.5 Å². The smallest absolute Gasteiger partial charge is 0.282 e. The molecule has 4 heteroatoms. The minimum Gasteiger partial charge on any atom is -0.350 e. The van der Waals surface area contributed by atoms with E-state index < -0.39 is 0 Å². The van der Waals surface area contributed by atoms with Crippen LogP contribution in [-0.4, -0.2) is 11.8 Å². The maximum absolute atomic E-state index is 13.8. The van der Waals surface area contributed by atoms with E-state index in [0.717, 1.165) is 33.2 Å². The number of anilines is 2. The Hall–Kier alpha value is -4.18. The Kier molecular flexibility index (Phi) is 4.83. The summed E-state index contributed by atoms with van der Waals surface area (Å²) in [5.74, 6) is -0.679. The number of fused-ring (bicyclic) bond motifs is 1. The van der Waals surface area contributed by atoms with Gasteiger partial charge in [0, 0.05) is 11.1 Å². The number of aryl methyl sites for hydroxylation is 2. The van der Waals surface area contributed by atoms with Crippen molar-refractivity contribution in [1.82, 2.24) is 0 Å². The number of benzene rings is 4. The number of nitrogens with zero attached hydrogens (tertiary/aromatic N) is 1. The first-order valence-corrected chi connectivity index (χ1v) is 10.5. The number of imide groups is 1. The van der Waals surface area contributed by atoms with Gasteiger partial charge in [-0.05, 0) is 48.6 Å². The van der Waals surface area contributed by atoms with Crippen molar-refractivity contribution < 1.29 is 9.59 Å². The lowest BCUT2D eigenvalue weighted by Gasteiger charge is -2.18. The zero-order valence-electron chi connectivity index (χ0n) is 17.9. The highest BCUT2D eigenvalue weighted by atomic mass is 16.2. The molecule has 4 nitrogen and oxygen atoms in total. The molecule has 1 aliphatic heterocycles. The van der Waals surface area contributed by atoms with Crippen LogP contribution in [0.25, 0.3) is 16.3 Å². The largest absolute Gasteiger partial charge is 0.350 e. The summed E-state index contributed by atoms with van der Waals surface area (Å²) in [6.07, 6.45) is 0. The number of amides is 2. The van der Waals surface area contributed by atoms with Crippen LogP contribution in [0.2, 0.25) is 0 Å². The van der Waals surface area contributed by atoms with Gasteiger partial charge in [-0.15, -0.1) is 0 Å². The molecule has 1 heterocycles. The number of hydrogen-bond acceptors (Lipinski definition) is 3. The summed E-state index contributed by atoms with van der Waals surface area (Å²) in [5, 5.41) is 5.06. The number of carbonyl (C=O) groups is 2. The van der Waals surface area contributed by atoms with Gasteiger partial charge in [0.05, 0.1) is 11.3 Å². The SMILES string of the molecule is Cc1ccc(C2=C(Nc3ccccc3)C(=O)N(c3cccc4ccccc34)C2=O)c(C)c1. The van der Waals surface area contributed by atoms with Gasteiger partial charge in [0.2, 0.25) is 0 Å². The van der Waals surface area contributed by atoms with Gasteiger partial charge in [-0.2, -0.15) is 0 Å². The molecule has 4 aromatic rings. The Morgan fingerprint density at radius 2 is 1.44 bits per heavy atom. The summed E-state index contributed by atoms with van der Waals surface area (Å²) in [4.78, 5) is 28.8. The molecule has 0 saturated carbocycles. The molecule has 0 bridgehead atoms. The summed E-state index contributed by atoms with van der Waals surface area (Å²) in [6, 6.07) is 28.8. The van der Waals surface area contributed by atoms with Gasteiger partial charge in [-0.1, -0.05) is 78.4 Å². The average Bonchev–Trinajstić information content (AvgIpc) is 3.03. The lowest BCUT2D eigenvalue weighted by atomic mass is 9.97. The second-order valence-corrected chi connectivity index (χ2v) is 8.00. The molecule has 0 aromatic heterocycles. The first-order chi connectivity index (χ1) is 15.5. The number of nitrogens with one attached hydrogen (secondary N) is 1. The van der Waals surface area contributed by atoms with E-state index in [9.17, 15) is 9.59 Å². The van der Waals surface area contributed by atoms with Gasteiger partial charge < -0.3 is 5.32 Å². The maximum Gasteiger partial charge on any atom is 0.282 e. The van der Waals surface area contributed by atoms with Gasteiger partial charge in [0.1, 0.15) is 5.70 Å². The van der Waals surface area contributed by atoms with Crippen molar-refractivity contribution in [2.24, 2.45) is 0 Å². The fourth-order valence-electron chi connectivity index (χ4n) is 4.28. The summed E-state index contributed by atoms with van der Waals surface area (Å²) in [6.45, 7) is 3.98. The van der Waals surface area contributed by atoms with Crippen molar-refractivity contribution in [3.8, 4) is 0 Å². The minimum absolute atomic E-state index is 0.293. The molecule has 2 amide bonds. The third-order valence-electron chi connectivity index (χ3n) is 5.79. The van der Waals surface area contributed by atoms with E-state index in [1.165, 1.54) is 4.90 Å². The Bertz CT molecular complexity index is 1400. The van der Waals surface area contributed by atoms with Crippen molar-refractivity contribution in [2.45, 2.75) is 13.8 Å². The number of rotatable bonds is 4. The van der Waals surface area contributed by atoms with E-state index in [2.05, 4.69) is 5.32 Å². The molecular formula is C28H22N2O2. The van der Waals surface area contributed by atoms with Gasteiger partial charge in [-0.3, -0.25) is 9.59 Å². The standard InChI is InChI=1S/C28H22N2O2/c1-18-15-16-22(19(2)17-18)25-26(29-21-11-4-3-5-12-21)28(32)30(27(25)31)24-14-8-10-20-9-6-7-13-23(20)24/h3-17,29H,1-2H3. The van der Waals surface area contributed by atoms with Crippen LogP contribution in [0.15, 0.2) is 96.7 Å². The van der Waals surface area contributed by atoms with Gasteiger partial charge >= 0.3 is 0 Å². The lowest BCUT2D eigenvalue weighted by molar-refractivity contribution is -0.120. The van der Waals surface area contributed by atoms with E-state index in [1.54, 1.807) is 0 Å². The van der Waals surface area contributed by atoms with Crippen LogP contribution in [-0.2, 0) is 9.59 Å². The second kappa shape index (κ2) is 7.82. The van der Waals surface area contributed by atoms with Gasteiger partial charge in [0.15, 0.2) is 0 Å². The highest BCUT2D eigenvalue weighted by molar-refractivity contribution is 6.47. The van der Waals surface area contributed by atoms with E-state index in [0.29, 0.717) is 17.0 Å². The monoisotopic (exact) mass is 418 g/mol. The number of carbonyl (C=O) groups excluding carboxylic acids is 2. The van der Waals surface area contributed by atoms with Crippen LogP contribution in [0.4, 0.5) is 11.4 Å². The zero-order valence-corrected chi connectivity index (χ0v) is 17.9. The first kappa shape index (κ1) is 19.8. The van der Waals surface area contributed by atoms with E-state index in [4.69, 9.17) is 0 Å². The van der Waals surface area contributed by atoms with Gasteiger partial charge in [-0.25, -0.2) is 4.90 Å². The van der Waals surface area contributed by atoms with Crippen LogP contribution in [0.1, 0.15) is 16.7 Å². The van der Waals surface area contributed by atoms with Crippen LogP contribution >= 0.6 is 0 Å². The van der Waals surface area contributed by atoms with Crippen molar-refractivity contribution in [3.05, 3.63) is 113 Å². The average molecular weight is 418 g/mol. The molecule has 0 fully saturated rings. The zero-order chi connectivity index (χ0) is 22.2. The predicted molar refractivity (Wildman–Crippen MR) is 129 cm³/mol. The van der Waals surface area contributed by atoms with E-state index >= 15 is 0 Å². The molecular weight excluding hydrogens is 396 g/mol. The minimum atomic E-state index is -0.356. The summed E-state index contributed by atoms with van der Waals surface area (Å²) < 4.78 is 0. The molecule has 0 atom stereocenters. The Balaban J connectivity index is 1.69. The molecule has 156 valence electrons. The summed E-state index contributed by atoms with van der Waals surface area (Å²) in [7, 11) is 0. The fraction of sp³-hybridized carbons (Fsp3) is 0.0714. The van der Waals surface area contributed by atoms with Crippen molar-refractivity contribution in [1.29, 1.82) is 0 Å². The molecule has 4 aromatic carbocycles. The predicted octanol–water partition coefficient (Wildman–Crippen LogP) is 5.85. The molecule has 0 spiro atoms. The molecule has 1 aliphatic rings. The normalized spacial score (nSPS) is 13.9. The fourth-order valence-corrected chi connectivity index (χ4v) is 4.28. The molecule has 32 heavy (non-hydrogen) atoms. The molecule has 0 aliphatic carbocycles. The number of para-hydroxylation sites is 1. The highest BCUT2D eigenvalue weighted by Gasteiger charge is 2.41. The third kappa shape index (κ3) is 3.26. The van der Waals surface area contributed by atoms with E-state index in [1.807, 2.05) is 105 Å². The summed E-state index contributed by atoms with van der Waals surface area (Å²) in [5.41, 5.74) is 4.84. The topological polar surface area (TPSA) is 49.4 Å². The lowest BCUT2D eigenvalue weighted by Crippen LogP contribution is -2.32. The molecule has 0 radical (unpaired) electrons. The van der Waals surface area contributed by atoms with E-state index in [-0.39, 0.29) is 11.8 Å². The Morgan fingerprint density at radius 3 is 2.22 bits per heavy atom. The van der Waals surface area contributed by atoms with Crippen LogP contribution in [0.3, 0.4) is 0 Å². The molecule has 0 saturated heterocycles. The Morgan fingerprint density at radius 1 is 0.719 bits per heavy atom. The molecule has 1 N–H and O–H groups in total.